The van der Waals surface area contributed by atoms with Crippen LogP contribution in [0.15, 0.2) is 48.8 Å². The molecule has 0 atom stereocenters. The minimum atomic E-state index is -0.306. The summed E-state index contributed by atoms with van der Waals surface area (Å²) in [4.78, 5) is 33.9. The maximum atomic E-state index is 13.0. The molecular formula is C21H21FN4O2. The lowest BCUT2D eigenvalue weighted by Gasteiger charge is -2.32. The number of likely N-dealkylation sites (tertiary alicyclic amines) is 1. The summed E-state index contributed by atoms with van der Waals surface area (Å²) in [5, 5.41) is 3.05. The normalized spacial score (nSPS) is 15.0. The summed E-state index contributed by atoms with van der Waals surface area (Å²) in [6.45, 7) is 1.20. The number of H-pyrrole nitrogens is 1. The molecule has 1 aliphatic rings. The second-order valence-corrected chi connectivity index (χ2v) is 7.07. The number of rotatable bonds is 4. The number of carbonyl (C=O) groups excluding carboxylic acids is 2. The summed E-state index contributed by atoms with van der Waals surface area (Å²) >= 11 is 0. The summed E-state index contributed by atoms with van der Waals surface area (Å²) in [6, 6.07) is 11.4. The van der Waals surface area contributed by atoms with E-state index < -0.39 is 0 Å². The molecule has 0 bridgehead atoms. The van der Waals surface area contributed by atoms with E-state index in [0.29, 0.717) is 31.5 Å². The highest BCUT2D eigenvalue weighted by molar-refractivity contribution is 5.97. The largest absolute Gasteiger partial charge is 0.349 e. The van der Waals surface area contributed by atoms with Crippen molar-refractivity contribution >= 4 is 22.8 Å². The van der Waals surface area contributed by atoms with Gasteiger partial charge in [0.15, 0.2) is 0 Å². The Morgan fingerprint density at radius 2 is 1.89 bits per heavy atom. The van der Waals surface area contributed by atoms with Crippen LogP contribution in [0.1, 0.15) is 28.8 Å². The second-order valence-electron chi connectivity index (χ2n) is 7.07. The molecule has 1 fully saturated rings. The van der Waals surface area contributed by atoms with Crippen molar-refractivity contribution in [2.24, 2.45) is 0 Å². The Bertz CT molecular complexity index is 991. The van der Waals surface area contributed by atoms with Gasteiger partial charge in [-0.25, -0.2) is 9.37 Å². The van der Waals surface area contributed by atoms with Crippen molar-refractivity contribution in [3.05, 3.63) is 65.7 Å². The van der Waals surface area contributed by atoms with Crippen molar-refractivity contribution in [1.82, 2.24) is 20.2 Å². The number of imidazole rings is 1. The molecule has 7 heteroatoms. The van der Waals surface area contributed by atoms with Gasteiger partial charge in [-0.05, 0) is 48.7 Å². The monoisotopic (exact) mass is 380 g/mol. The Kier molecular flexibility index (Phi) is 5.06. The molecule has 0 radical (unpaired) electrons. The van der Waals surface area contributed by atoms with E-state index in [1.54, 1.807) is 30.6 Å². The van der Waals surface area contributed by atoms with Crippen molar-refractivity contribution in [2.45, 2.75) is 25.3 Å². The van der Waals surface area contributed by atoms with Gasteiger partial charge in [0.1, 0.15) is 5.82 Å². The van der Waals surface area contributed by atoms with E-state index in [1.807, 2.05) is 11.0 Å². The number of carbonyl (C=O) groups is 2. The predicted molar refractivity (Wildman–Crippen MR) is 103 cm³/mol. The van der Waals surface area contributed by atoms with Crippen LogP contribution in [0.4, 0.5) is 4.39 Å². The summed E-state index contributed by atoms with van der Waals surface area (Å²) < 4.78 is 13.0. The lowest BCUT2D eigenvalue weighted by atomic mass is 10.0. The highest BCUT2D eigenvalue weighted by Gasteiger charge is 2.24. The predicted octanol–water partition coefficient (Wildman–Crippen LogP) is 2.67. The molecule has 6 nitrogen and oxygen atoms in total. The number of hydrogen-bond donors (Lipinski definition) is 2. The Morgan fingerprint density at radius 3 is 2.64 bits per heavy atom. The van der Waals surface area contributed by atoms with E-state index in [1.165, 1.54) is 12.1 Å². The van der Waals surface area contributed by atoms with E-state index in [0.717, 1.165) is 16.6 Å². The van der Waals surface area contributed by atoms with Gasteiger partial charge in [-0.2, -0.15) is 0 Å². The maximum absolute atomic E-state index is 13.0. The van der Waals surface area contributed by atoms with Crippen LogP contribution in [0.5, 0.6) is 0 Å². The van der Waals surface area contributed by atoms with E-state index in [9.17, 15) is 14.0 Å². The minimum absolute atomic E-state index is 0.0288. The van der Waals surface area contributed by atoms with E-state index >= 15 is 0 Å². The zero-order chi connectivity index (χ0) is 19.5. The molecular weight excluding hydrogens is 359 g/mol. The average molecular weight is 380 g/mol. The zero-order valence-electron chi connectivity index (χ0n) is 15.3. The number of piperidine rings is 1. The van der Waals surface area contributed by atoms with Gasteiger partial charge in [-0.15, -0.1) is 0 Å². The van der Waals surface area contributed by atoms with Crippen LogP contribution >= 0.6 is 0 Å². The first-order valence-electron chi connectivity index (χ1n) is 9.35. The zero-order valence-corrected chi connectivity index (χ0v) is 15.3. The number of nitrogens with zero attached hydrogens (tertiary/aromatic N) is 2. The quantitative estimate of drug-likeness (QED) is 0.730. The van der Waals surface area contributed by atoms with Gasteiger partial charge in [-0.3, -0.25) is 9.59 Å². The van der Waals surface area contributed by atoms with Gasteiger partial charge in [0, 0.05) is 24.7 Å². The first-order chi connectivity index (χ1) is 13.6. The van der Waals surface area contributed by atoms with Gasteiger partial charge in [0.05, 0.1) is 23.8 Å². The summed E-state index contributed by atoms with van der Waals surface area (Å²) in [5.41, 5.74) is 3.04. The van der Waals surface area contributed by atoms with E-state index in [-0.39, 0.29) is 30.1 Å². The highest BCUT2D eigenvalue weighted by Crippen LogP contribution is 2.15. The number of aromatic nitrogens is 2. The molecule has 0 aliphatic carbocycles. The molecule has 3 aromatic rings. The van der Waals surface area contributed by atoms with Crippen LogP contribution in [-0.4, -0.2) is 45.8 Å². The Hall–Kier alpha value is -3.22. The highest BCUT2D eigenvalue weighted by atomic mass is 19.1. The number of aromatic amines is 1. The molecule has 1 aromatic heterocycles. The van der Waals surface area contributed by atoms with Crippen LogP contribution < -0.4 is 5.32 Å². The minimum Gasteiger partial charge on any atom is -0.349 e. The van der Waals surface area contributed by atoms with Crippen molar-refractivity contribution in [1.29, 1.82) is 0 Å². The molecule has 2 N–H and O–H groups in total. The molecule has 1 aliphatic heterocycles. The number of benzene rings is 2. The molecule has 1 saturated heterocycles. The third-order valence-electron chi connectivity index (χ3n) is 5.13. The standard InChI is InChI=1S/C21H21FN4O2/c22-16-4-1-14(2-5-16)11-20(27)26-9-7-17(8-10-26)25-21(28)15-3-6-18-19(12-15)24-13-23-18/h1-6,12-13,17H,7-11H2,(H,23,24)(H,25,28). The molecule has 0 spiro atoms. The molecule has 2 heterocycles. The number of halogens is 1. The molecule has 4 rings (SSSR count). The fourth-order valence-electron chi connectivity index (χ4n) is 3.51. The SMILES string of the molecule is O=C(NC1CCN(C(=O)Cc2ccc(F)cc2)CC1)c1ccc2nc[nH]c2c1. The van der Waals surface area contributed by atoms with Gasteiger partial charge >= 0.3 is 0 Å². The smallest absolute Gasteiger partial charge is 0.251 e. The third-order valence-corrected chi connectivity index (χ3v) is 5.13. The van der Waals surface area contributed by atoms with Crippen LogP contribution in [0, 0.1) is 5.82 Å². The van der Waals surface area contributed by atoms with Crippen LogP contribution in [0.3, 0.4) is 0 Å². The second kappa shape index (κ2) is 7.80. The summed E-state index contributed by atoms with van der Waals surface area (Å²) in [7, 11) is 0. The van der Waals surface area contributed by atoms with E-state index in [2.05, 4.69) is 15.3 Å². The number of fused-ring (bicyclic) bond motifs is 1. The Morgan fingerprint density at radius 1 is 1.14 bits per heavy atom. The van der Waals surface area contributed by atoms with Gasteiger partial charge in [0.25, 0.3) is 5.91 Å². The van der Waals surface area contributed by atoms with Gasteiger partial charge in [-0.1, -0.05) is 12.1 Å². The van der Waals surface area contributed by atoms with Crippen LogP contribution in [0.2, 0.25) is 0 Å². The Labute approximate surface area is 161 Å². The molecule has 0 saturated carbocycles. The van der Waals surface area contributed by atoms with Crippen molar-refractivity contribution in [3.63, 3.8) is 0 Å². The lowest BCUT2D eigenvalue weighted by molar-refractivity contribution is -0.131. The molecule has 2 aromatic carbocycles. The molecule has 144 valence electrons. The number of amides is 2. The molecule has 0 unspecified atom stereocenters. The van der Waals surface area contributed by atoms with Crippen LogP contribution in [0.25, 0.3) is 11.0 Å². The van der Waals surface area contributed by atoms with E-state index in [4.69, 9.17) is 0 Å². The first kappa shape index (κ1) is 18.2. The number of hydrogen-bond acceptors (Lipinski definition) is 3. The molecule has 2 amide bonds. The first-order valence-corrected chi connectivity index (χ1v) is 9.35. The third kappa shape index (κ3) is 4.03. The lowest BCUT2D eigenvalue weighted by Crippen LogP contribution is -2.47. The number of nitrogens with one attached hydrogen (secondary N) is 2. The summed E-state index contributed by atoms with van der Waals surface area (Å²) in [6.07, 6.45) is 3.30. The van der Waals surface area contributed by atoms with Crippen LogP contribution in [-0.2, 0) is 11.2 Å². The fraction of sp³-hybridized carbons (Fsp3) is 0.286. The maximum Gasteiger partial charge on any atom is 0.251 e. The average Bonchev–Trinajstić information content (AvgIpc) is 3.18. The molecule has 28 heavy (non-hydrogen) atoms. The van der Waals surface area contributed by atoms with Crippen molar-refractivity contribution in [2.75, 3.05) is 13.1 Å². The van der Waals surface area contributed by atoms with Gasteiger partial charge < -0.3 is 15.2 Å². The van der Waals surface area contributed by atoms with Gasteiger partial charge in [0.2, 0.25) is 5.91 Å². The topological polar surface area (TPSA) is 78.1 Å². The van der Waals surface area contributed by atoms with Crippen molar-refractivity contribution < 1.29 is 14.0 Å². The van der Waals surface area contributed by atoms with Crippen molar-refractivity contribution in [3.8, 4) is 0 Å². The summed E-state index contributed by atoms with van der Waals surface area (Å²) in [5.74, 6) is -0.395. The Balaban J connectivity index is 1.29. The fourth-order valence-corrected chi connectivity index (χ4v) is 3.51.